The van der Waals surface area contributed by atoms with E-state index in [9.17, 15) is 18.0 Å². The van der Waals surface area contributed by atoms with Crippen molar-refractivity contribution >= 4 is 5.91 Å². The van der Waals surface area contributed by atoms with E-state index in [0.29, 0.717) is 0 Å². The van der Waals surface area contributed by atoms with Gasteiger partial charge in [0.1, 0.15) is 0 Å². The van der Waals surface area contributed by atoms with Crippen LogP contribution >= 0.6 is 0 Å². The Morgan fingerprint density at radius 2 is 1.81 bits per heavy atom. The maximum Gasteiger partial charge on any atom is 0.401 e. The van der Waals surface area contributed by atoms with E-state index in [0.717, 1.165) is 4.90 Å². The molecular formula is C9H17F3N2O2. The lowest BCUT2D eigenvalue weighted by Crippen LogP contribution is -2.38. The van der Waals surface area contributed by atoms with Gasteiger partial charge in [-0.15, -0.1) is 0 Å². The average molecular weight is 242 g/mol. The summed E-state index contributed by atoms with van der Waals surface area (Å²) in [6.45, 7) is -1.54. The zero-order chi connectivity index (χ0) is 12.8. The van der Waals surface area contributed by atoms with Gasteiger partial charge in [-0.05, 0) is 0 Å². The van der Waals surface area contributed by atoms with E-state index < -0.39 is 12.7 Å². The quantitative estimate of drug-likeness (QED) is 0.729. The molecule has 16 heavy (non-hydrogen) atoms. The second kappa shape index (κ2) is 6.70. The molecule has 0 unspecified atom stereocenters. The summed E-state index contributed by atoms with van der Waals surface area (Å²) in [6, 6.07) is 0. The van der Waals surface area contributed by atoms with E-state index in [1.807, 2.05) is 0 Å². The van der Waals surface area contributed by atoms with Gasteiger partial charge in [-0.25, -0.2) is 0 Å². The molecule has 96 valence electrons. The van der Waals surface area contributed by atoms with Crippen molar-refractivity contribution in [3.63, 3.8) is 0 Å². The number of aliphatic hydroxyl groups is 1. The van der Waals surface area contributed by atoms with Gasteiger partial charge in [0.2, 0.25) is 5.91 Å². The first-order chi connectivity index (χ1) is 7.26. The Hall–Kier alpha value is -0.820. The molecule has 0 rings (SSSR count). The van der Waals surface area contributed by atoms with Crippen LogP contribution in [0.15, 0.2) is 0 Å². The molecule has 0 saturated heterocycles. The van der Waals surface area contributed by atoms with Gasteiger partial charge in [-0.3, -0.25) is 9.69 Å². The summed E-state index contributed by atoms with van der Waals surface area (Å²) >= 11 is 0. The fraction of sp³-hybridized carbons (Fsp3) is 0.889. The second-order valence-corrected chi connectivity index (χ2v) is 3.65. The lowest BCUT2D eigenvalue weighted by Gasteiger charge is -2.23. The van der Waals surface area contributed by atoms with Crippen molar-refractivity contribution in [1.82, 2.24) is 9.80 Å². The lowest BCUT2D eigenvalue weighted by atomic mass is 10.3. The molecule has 0 atom stereocenters. The molecule has 0 aliphatic rings. The van der Waals surface area contributed by atoms with Gasteiger partial charge < -0.3 is 10.0 Å². The van der Waals surface area contributed by atoms with Crippen molar-refractivity contribution < 1.29 is 23.1 Å². The summed E-state index contributed by atoms with van der Waals surface area (Å²) < 4.78 is 36.3. The predicted molar refractivity (Wildman–Crippen MR) is 52.9 cm³/mol. The molecule has 1 N–H and O–H groups in total. The molecule has 7 heteroatoms. The third kappa shape index (κ3) is 7.47. The maximum absolute atomic E-state index is 12.1. The predicted octanol–water partition coefficient (Wildman–Crippen LogP) is 0.321. The van der Waals surface area contributed by atoms with Crippen LogP contribution < -0.4 is 0 Å². The molecular weight excluding hydrogens is 225 g/mol. The first-order valence-corrected chi connectivity index (χ1v) is 4.86. The van der Waals surface area contributed by atoms with Crippen LogP contribution in [-0.2, 0) is 4.79 Å². The number of rotatable bonds is 6. The van der Waals surface area contributed by atoms with Crippen molar-refractivity contribution in [2.75, 3.05) is 40.3 Å². The normalized spacial score (nSPS) is 11.9. The first-order valence-electron chi connectivity index (χ1n) is 4.86. The van der Waals surface area contributed by atoms with E-state index in [1.54, 1.807) is 14.1 Å². The summed E-state index contributed by atoms with van der Waals surface area (Å²) in [6.07, 6.45) is -4.29. The minimum atomic E-state index is -4.31. The molecule has 0 radical (unpaired) electrons. The van der Waals surface area contributed by atoms with Crippen molar-refractivity contribution in [1.29, 1.82) is 0 Å². The monoisotopic (exact) mass is 242 g/mol. The maximum atomic E-state index is 12.1. The number of alkyl halides is 3. The molecule has 0 bridgehead atoms. The zero-order valence-electron chi connectivity index (χ0n) is 9.42. The number of aliphatic hydroxyl groups excluding tert-OH is 1. The number of carbonyl (C=O) groups excluding carboxylic acids is 1. The smallest absolute Gasteiger partial charge is 0.395 e. The molecule has 0 heterocycles. The summed E-state index contributed by atoms with van der Waals surface area (Å²) in [5.41, 5.74) is 0. The average Bonchev–Trinajstić information content (AvgIpc) is 2.11. The highest BCUT2D eigenvalue weighted by atomic mass is 19.4. The van der Waals surface area contributed by atoms with Gasteiger partial charge >= 0.3 is 6.18 Å². The molecule has 0 aromatic carbocycles. The van der Waals surface area contributed by atoms with Gasteiger partial charge in [0.25, 0.3) is 0 Å². The van der Waals surface area contributed by atoms with Crippen LogP contribution in [0.3, 0.4) is 0 Å². The fourth-order valence-corrected chi connectivity index (χ4v) is 1.14. The fourth-order valence-electron chi connectivity index (χ4n) is 1.14. The van der Waals surface area contributed by atoms with E-state index in [-0.39, 0.29) is 32.0 Å². The van der Waals surface area contributed by atoms with Crippen LogP contribution in [0.4, 0.5) is 13.2 Å². The van der Waals surface area contributed by atoms with E-state index in [2.05, 4.69) is 0 Å². The highest BCUT2D eigenvalue weighted by molar-refractivity contribution is 5.75. The molecule has 1 amide bonds. The first kappa shape index (κ1) is 15.2. The minimum Gasteiger partial charge on any atom is -0.395 e. The minimum absolute atomic E-state index is 0.00289. The van der Waals surface area contributed by atoms with Crippen molar-refractivity contribution in [2.24, 2.45) is 0 Å². The van der Waals surface area contributed by atoms with Crippen LogP contribution in [0.25, 0.3) is 0 Å². The van der Waals surface area contributed by atoms with Crippen LogP contribution in [0.5, 0.6) is 0 Å². The van der Waals surface area contributed by atoms with Gasteiger partial charge in [0, 0.05) is 33.6 Å². The van der Waals surface area contributed by atoms with Crippen molar-refractivity contribution in [3.05, 3.63) is 0 Å². The molecule has 4 nitrogen and oxygen atoms in total. The number of amides is 1. The molecule has 0 fully saturated rings. The van der Waals surface area contributed by atoms with Crippen molar-refractivity contribution in [3.8, 4) is 0 Å². The molecule has 0 aliphatic carbocycles. The van der Waals surface area contributed by atoms with Gasteiger partial charge in [-0.2, -0.15) is 13.2 Å². The number of carbonyl (C=O) groups is 1. The van der Waals surface area contributed by atoms with Gasteiger partial charge in [0.15, 0.2) is 0 Å². The number of hydrogen-bond acceptors (Lipinski definition) is 3. The van der Waals surface area contributed by atoms with Crippen LogP contribution in [0, 0.1) is 0 Å². The third-order valence-electron chi connectivity index (χ3n) is 1.96. The third-order valence-corrected chi connectivity index (χ3v) is 1.96. The van der Waals surface area contributed by atoms with Crippen molar-refractivity contribution in [2.45, 2.75) is 12.6 Å². The molecule has 0 spiro atoms. The van der Waals surface area contributed by atoms with E-state index in [1.165, 1.54) is 4.90 Å². The second-order valence-electron chi connectivity index (χ2n) is 3.65. The summed E-state index contributed by atoms with van der Waals surface area (Å²) in [5, 5.41) is 8.60. The highest BCUT2D eigenvalue weighted by Crippen LogP contribution is 2.16. The molecule has 0 aliphatic heterocycles. The van der Waals surface area contributed by atoms with Gasteiger partial charge in [-0.1, -0.05) is 0 Å². The number of hydrogen-bond donors (Lipinski definition) is 1. The lowest BCUT2D eigenvalue weighted by molar-refractivity contribution is -0.148. The van der Waals surface area contributed by atoms with E-state index in [4.69, 9.17) is 5.11 Å². The largest absolute Gasteiger partial charge is 0.401 e. The number of halogens is 3. The molecule has 0 aromatic rings. The highest BCUT2D eigenvalue weighted by Gasteiger charge is 2.30. The molecule has 0 saturated carbocycles. The number of nitrogens with zero attached hydrogens (tertiary/aromatic N) is 2. The Labute approximate surface area is 92.6 Å². The Morgan fingerprint density at radius 3 is 2.19 bits per heavy atom. The zero-order valence-corrected chi connectivity index (χ0v) is 9.42. The van der Waals surface area contributed by atoms with Crippen LogP contribution in [-0.4, -0.2) is 67.3 Å². The Morgan fingerprint density at radius 1 is 1.25 bits per heavy atom. The topological polar surface area (TPSA) is 43.8 Å². The van der Waals surface area contributed by atoms with Gasteiger partial charge in [0.05, 0.1) is 13.2 Å². The SMILES string of the molecule is CN(C)C(=O)CCN(CCO)CC(F)(F)F. The molecule has 0 aromatic heterocycles. The Balaban J connectivity index is 4.08. The summed E-state index contributed by atoms with van der Waals surface area (Å²) in [4.78, 5) is 13.5. The standard InChI is InChI=1S/C9H17F3N2O2/c1-13(2)8(16)3-4-14(5-6-15)7-9(10,11)12/h15H,3-7H2,1-2H3. The van der Waals surface area contributed by atoms with Crippen LogP contribution in [0.1, 0.15) is 6.42 Å². The Kier molecular flexibility index (Phi) is 6.35. The van der Waals surface area contributed by atoms with E-state index >= 15 is 0 Å². The summed E-state index contributed by atoms with van der Waals surface area (Å²) in [7, 11) is 3.09. The van der Waals surface area contributed by atoms with Crippen LogP contribution in [0.2, 0.25) is 0 Å². The summed E-state index contributed by atoms with van der Waals surface area (Å²) in [5.74, 6) is -0.231. The Bertz CT molecular complexity index is 219.